The molecule has 0 aliphatic rings. The second-order valence-corrected chi connectivity index (χ2v) is 5.16. The van der Waals surface area contributed by atoms with Gasteiger partial charge in [-0.1, -0.05) is 11.6 Å². The maximum absolute atomic E-state index is 12.5. The van der Waals surface area contributed by atoms with E-state index in [2.05, 4.69) is 4.98 Å². The highest BCUT2D eigenvalue weighted by Crippen LogP contribution is 2.28. The molecule has 2 aromatic carbocycles. The predicted molar refractivity (Wildman–Crippen MR) is 88.1 cm³/mol. The number of nitrogens with one attached hydrogen (secondary N) is 1. The van der Waals surface area contributed by atoms with Crippen LogP contribution in [0.25, 0.3) is 22.2 Å². The number of benzene rings is 2. The normalized spacial score (nSPS) is 10.7. The van der Waals surface area contributed by atoms with Gasteiger partial charge in [-0.2, -0.15) is 0 Å². The lowest BCUT2D eigenvalue weighted by atomic mass is 10.1. The molecular formula is C17H14ClNO3. The minimum absolute atomic E-state index is 0.158. The summed E-state index contributed by atoms with van der Waals surface area (Å²) < 4.78 is 10.3. The topological polar surface area (TPSA) is 51.3 Å². The van der Waals surface area contributed by atoms with E-state index in [4.69, 9.17) is 21.1 Å². The van der Waals surface area contributed by atoms with Crippen molar-refractivity contribution in [2.24, 2.45) is 0 Å². The third kappa shape index (κ3) is 2.42. The molecule has 0 aliphatic heterocycles. The fourth-order valence-corrected chi connectivity index (χ4v) is 2.58. The molecule has 22 heavy (non-hydrogen) atoms. The smallest absolute Gasteiger partial charge is 0.208 e. The van der Waals surface area contributed by atoms with Gasteiger partial charge in [-0.05, 0) is 48.0 Å². The Hall–Kier alpha value is -2.46. The summed E-state index contributed by atoms with van der Waals surface area (Å²) in [6, 6.07) is 12.6. The minimum atomic E-state index is -0.222. The van der Waals surface area contributed by atoms with Crippen LogP contribution in [-0.2, 0) is 0 Å². The van der Waals surface area contributed by atoms with Crippen LogP contribution < -0.4 is 14.9 Å². The summed E-state index contributed by atoms with van der Waals surface area (Å²) in [5.74, 6) is 1.36. The Bertz CT molecular complexity index is 885. The molecule has 1 N–H and O–H groups in total. The molecule has 0 saturated heterocycles. The number of aromatic nitrogens is 1. The molecule has 3 rings (SSSR count). The molecular weight excluding hydrogens is 302 g/mol. The Morgan fingerprint density at radius 1 is 0.955 bits per heavy atom. The van der Waals surface area contributed by atoms with Gasteiger partial charge in [-0.3, -0.25) is 4.79 Å². The summed E-state index contributed by atoms with van der Waals surface area (Å²) in [6.07, 6.45) is 0. The summed E-state index contributed by atoms with van der Waals surface area (Å²) in [4.78, 5) is 15.7. The van der Waals surface area contributed by atoms with Crippen molar-refractivity contribution in [3.05, 3.63) is 57.7 Å². The molecule has 0 fully saturated rings. The van der Waals surface area contributed by atoms with Crippen molar-refractivity contribution in [3.8, 4) is 22.8 Å². The van der Waals surface area contributed by atoms with Crippen molar-refractivity contribution in [1.82, 2.24) is 4.98 Å². The van der Waals surface area contributed by atoms with E-state index in [0.29, 0.717) is 22.3 Å². The molecule has 4 nitrogen and oxygen atoms in total. The number of rotatable bonds is 3. The standard InChI is InChI=1S/C17H14ClNO3/c1-21-11-5-3-10(4-6-11)16-15(18)17(20)13-9-12(22-2)7-8-14(13)19-16/h3-9H,1-2H3,(H,19,20). The number of halogens is 1. The van der Waals surface area contributed by atoms with Gasteiger partial charge in [0.15, 0.2) is 0 Å². The molecule has 1 heterocycles. The van der Waals surface area contributed by atoms with Crippen molar-refractivity contribution in [1.29, 1.82) is 0 Å². The van der Waals surface area contributed by atoms with Crippen LogP contribution in [-0.4, -0.2) is 19.2 Å². The second-order valence-electron chi connectivity index (χ2n) is 4.78. The molecule has 3 aromatic rings. The van der Waals surface area contributed by atoms with Crippen LogP contribution in [0.5, 0.6) is 11.5 Å². The second kappa shape index (κ2) is 5.73. The first-order chi connectivity index (χ1) is 10.6. The van der Waals surface area contributed by atoms with Crippen LogP contribution in [0.4, 0.5) is 0 Å². The van der Waals surface area contributed by atoms with Gasteiger partial charge in [-0.25, -0.2) is 0 Å². The first kappa shape index (κ1) is 14.5. The van der Waals surface area contributed by atoms with Gasteiger partial charge < -0.3 is 14.5 Å². The summed E-state index contributed by atoms with van der Waals surface area (Å²) in [5, 5.41) is 0.660. The first-order valence-electron chi connectivity index (χ1n) is 6.68. The summed E-state index contributed by atoms with van der Waals surface area (Å²) in [7, 11) is 3.16. The number of H-pyrrole nitrogens is 1. The SMILES string of the molecule is COc1ccc(-c2[nH]c3ccc(OC)cc3c(=O)c2Cl)cc1. The van der Waals surface area contributed by atoms with Gasteiger partial charge in [0.2, 0.25) is 5.43 Å². The molecule has 0 atom stereocenters. The number of hydrogen-bond donors (Lipinski definition) is 1. The van der Waals surface area contributed by atoms with Gasteiger partial charge in [0, 0.05) is 0 Å². The van der Waals surface area contributed by atoms with Gasteiger partial charge in [0.1, 0.15) is 16.5 Å². The fraction of sp³-hybridized carbons (Fsp3) is 0.118. The van der Waals surface area contributed by atoms with Gasteiger partial charge in [0.05, 0.1) is 30.8 Å². The molecule has 0 bridgehead atoms. The molecule has 0 radical (unpaired) electrons. The van der Waals surface area contributed by atoms with E-state index in [9.17, 15) is 4.79 Å². The highest BCUT2D eigenvalue weighted by atomic mass is 35.5. The van der Waals surface area contributed by atoms with E-state index in [-0.39, 0.29) is 10.5 Å². The maximum atomic E-state index is 12.5. The number of fused-ring (bicyclic) bond motifs is 1. The number of hydrogen-bond acceptors (Lipinski definition) is 3. The quantitative estimate of drug-likeness (QED) is 0.798. The molecule has 0 spiro atoms. The number of pyridine rings is 1. The summed E-state index contributed by atoms with van der Waals surface area (Å²) in [5.41, 5.74) is 1.90. The zero-order valence-corrected chi connectivity index (χ0v) is 12.9. The summed E-state index contributed by atoms with van der Waals surface area (Å²) in [6.45, 7) is 0. The third-order valence-electron chi connectivity index (χ3n) is 3.53. The fourth-order valence-electron chi connectivity index (χ4n) is 2.33. The van der Waals surface area contributed by atoms with Crippen molar-refractivity contribution in [3.63, 3.8) is 0 Å². The third-order valence-corrected chi connectivity index (χ3v) is 3.89. The zero-order chi connectivity index (χ0) is 15.7. The van der Waals surface area contributed by atoms with Crippen molar-refractivity contribution in [2.45, 2.75) is 0 Å². The van der Waals surface area contributed by atoms with Crippen molar-refractivity contribution >= 4 is 22.5 Å². The van der Waals surface area contributed by atoms with Crippen LogP contribution >= 0.6 is 11.6 Å². The van der Waals surface area contributed by atoms with Crippen LogP contribution in [0.3, 0.4) is 0 Å². The highest BCUT2D eigenvalue weighted by Gasteiger charge is 2.12. The van der Waals surface area contributed by atoms with E-state index < -0.39 is 0 Å². The van der Waals surface area contributed by atoms with Gasteiger partial charge >= 0.3 is 0 Å². The number of ether oxygens (including phenoxy) is 2. The van der Waals surface area contributed by atoms with Crippen LogP contribution in [0.15, 0.2) is 47.3 Å². The maximum Gasteiger partial charge on any atom is 0.208 e. The average molecular weight is 316 g/mol. The van der Waals surface area contributed by atoms with Crippen molar-refractivity contribution < 1.29 is 9.47 Å². The van der Waals surface area contributed by atoms with E-state index in [1.807, 2.05) is 24.3 Å². The average Bonchev–Trinajstić information content (AvgIpc) is 2.58. The summed E-state index contributed by atoms with van der Waals surface area (Å²) >= 11 is 6.26. The molecule has 5 heteroatoms. The monoisotopic (exact) mass is 315 g/mol. The van der Waals surface area contributed by atoms with Crippen molar-refractivity contribution in [2.75, 3.05) is 14.2 Å². The Kier molecular flexibility index (Phi) is 3.77. The highest BCUT2D eigenvalue weighted by molar-refractivity contribution is 6.33. The van der Waals surface area contributed by atoms with Crippen LogP contribution in [0.1, 0.15) is 0 Å². The molecule has 0 aliphatic carbocycles. The largest absolute Gasteiger partial charge is 0.497 e. The number of methoxy groups -OCH3 is 2. The van der Waals surface area contributed by atoms with Crippen LogP contribution in [0, 0.1) is 0 Å². The lowest BCUT2D eigenvalue weighted by Gasteiger charge is -2.09. The van der Waals surface area contributed by atoms with Gasteiger partial charge in [0.25, 0.3) is 0 Å². The van der Waals surface area contributed by atoms with Crippen LogP contribution in [0.2, 0.25) is 5.02 Å². The lowest BCUT2D eigenvalue weighted by Crippen LogP contribution is -2.06. The Morgan fingerprint density at radius 3 is 2.23 bits per heavy atom. The lowest BCUT2D eigenvalue weighted by molar-refractivity contribution is 0.415. The molecule has 0 amide bonds. The Labute approximate surface area is 132 Å². The molecule has 1 aromatic heterocycles. The first-order valence-corrected chi connectivity index (χ1v) is 7.06. The Morgan fingerprint density at radius 2 is 1.59 bits per heavy atom. The van der Waals surface area contributed by atoms with Gasteiger partial charge in [-0.15, -0.1) is 0 Å². The Balaban J connectivity index is 2.22. The van der Waals surface area contributed by atoms with E-state index in [1.54, 1.807) is 32.4 Å². The molecule has 0 saturated carbocycles. The predicted octanol–water partition coefficient (Wildman–Crippen LogP) is 3.87. The minimum Gasteiger partial charge on any atom is -0.497 e. The number of aromatic amines is 1. The van der Waals surface area contributed by atoms with E-state index in [1.165, 1.54) is 0 Å². The zero-order valence-electron chi connectivity index (χ0n) is 12.1. The van der Waals surface area contributed by atoms with E-state index in [0.717, 1.165) is 11.3 Å². The molecule has 0 unspecified atom stereocenters. The van der Waals surface area contributed by atoms with E-state index >= 15 is 0 Å². The molecule has 112 valence electrons.